The number of aliphatic imine (C=N–C) groups is 2. The highest BCUT2D eigenvalue weighted by atomic mass is 14.9. The first-order valence-corrected chi connectivity index (χ1v) is 13.7. The molecule has 1 aliphatic carbocycles. The third kappa shape index (κ3) is 5.38. The van der Waals surface area contributed by atoms with E-state index in [9.17, 15) is 0 Å². The largest absolute Gasteiger partial charge is 0.251 e. The van der Waals surface area contributed by atoms with Crippen LogP contribution in [0.4, 0.5) is 11.4 Å². The van der Waals surface area contributed by atoms with Crippen molar-refractivity contribution in [3.8, 4) is 0 Å². The highest BCUT2D eigenvalue weighted by Crippen LogP contribution is 2.30. The number of fused-ring (bicyclic) bond motifs is 1. The van der Waals surface area contributed by atoms with Crippen molar-refractivity contribution in [2.24, 2.45) is 9.98 Å². The van der Waals surface area contributed by atoms with Crippen LogP contribution in [0.25, 0.3) is 0 Å². The SMILES string of the molecule is Cc1cc(C)c(N=C(c2ccccc2)c2ccc3c(n2)C(=Nc2c(C)cc(C)cc2C)CCCC3)c(C)c1. The zero-order chi connectivity index (χ0) is 26.8. The van der Waals surface area contributed by atoms with E-state index in [2.05, 4.69) is 102 Å². The van der Waals surface area contributed by atoms with Crippen molar-refractivity contribution in [1.82, 2.24) is 4.98 Å². The minimum Gasteiger partial charge on any atom is -0.251 e. The Morgan fingerprint density at radius 2 is 1.24 bits per heavy atom. The Labute approximate surface area is 227 Å². The van der Waals surface area contributed by atoms with Gasteiger partial charge in [0.1, 0.15) is 0 Å². The van der Waals surface area contributed by atoms with Gasteiger partial charge in [-0.15, -0.1) is 0 Å². The standard InChI is InChI=1S/C35H37N3/c1-22-18-24(3)32(25(4)19-22)36-30-15-11-10-14-29-16-17-31(37-34(29)30)35(28-12-8-7-9-13-28)38-33-26(5)20-23(2)21-27(33)6/h7-9,12-13,16-21H,10-11,14-15H2,1-6H3. The number of pyridine rings is 1. The summed E-state index contributed by atoms with van der Waals surface area (Å²) in [5.41, 5.74) is 15.7. The molecule has 0 N–H and O–H groups in total. The lowest BCUT2D eigenvalue weighted by molar-refractivity contribution is 0.775. The van der Waals surface area contributed by atoms with Gasteiger partial charge < -0.3 is 0 Å². The number of benzene rings is 3. The average Bonchev–Trinajstić information content (AvgIpc) is 3.08. The van der Waals surface area contributed by atoms with Crippen LogP contribution in [0.5, 0.6) is 0 Å². The maximum atomic E-state index is 5.32. The molecule has 0 saturated carbocycles. The summed E-state index contributed by atoms with van der Waals surface area (Å²) >= 11 is 0. The van der Waals surface area contributed by atoms with E-state index in [1.165, 1.54) is 38.9 Å². The van der Waals surface area contributed by atoms with Crippen LogP contribution in [0.2, 0.25) is 0 Å². The van der Waals surface area contributed by atoms with Gasteiger partial charge in [-0.2, -0.15) is 0 Å². The minimum atomic E-state index is 0.890. The Hall–Kier alpha value is -3.85. The van der Waals surface area contributed by atoms with Gasteiger partial charge in [-0.25, -0.2) is 9.98 Å². The van der Waals surface area contributed by atoms with Crippen LogP contribution in [0.15, 0.2) is 76.7 Å². The van der Waals surface area contributed by atoms with Crippen LogP contribution in [-0.4, -0.2) is 16.4 Å². The van der Waals surface area contributed by atoms with Gasteiger partial charge in [-0.3, -0.25) is 4.99 Å². The molecule has 0 fully saturated rings. The van der Waals surface area contributed by atoms with E-state index in [1.54, 1.807) is 0 Å². The summed E-state index contributed by atoms with van der Waals surface area (Å²) in [6.07, 6.45) is 4.24. The molecule has 0 saturated heterocycles. The van der Waals surface area contributed by atoms with Crippen molar-refractivity contribution in [2.75, 3.05) is 0 Å². The summed E-state index contributed by atoms with van der Waals surface area (Å²) in [6.45, 7) is 12.9. The molecule has 0 radical (unpaired) electrons. The molecule has 0 atom stereocenters. The number of hydrogen-bond donors (Lipinski definition) is 0. The average molecular weight is 500 g/mol. The molecule has 38 heavy (non-hydrogen) atoms. The molecule has 0 spiro atoms. The molecule has 1 heterocycles. The highest BCUT2D eigenvalue weighted by Gasteiger charge is 2.20. The molecule has 3 nitrogen and oxygen atoms in total. The highest BCUT2D eigenvalue weighted by molar-refractivity contribution is 6.14. The maximum absolute atomic E-state index is 5.32. The third-order valence-electron chi connectivity index (χ3n) is 7.39. The fraction of sp³-hybridized carbons (Fsp3) is 0.286. The first-order chi connectivity index (χ1) is 18.3. The van der Waals surface area contributed by atoms with Crippen molar-refractivity contribution in [1.29, 1.82) is 0 Å². The molecule has 1 aliphatic rings. The summed E-state index contributed by atoms with van der Waals surface area (Å²) < 4.78 is 0. The second kappa shape index (κ2) is 10.9. The first kappa shape index (κ1) is 25.8. The summed E-state index contributed by atoms with van der Waals surface area (Å²) in [6, 6.07) is 23.7. The Kier molecular flexibility index (Phi) is 7.37. The summed E-state index contributed by atoms with van der Waals surface area (Å²) in [5.74, 6) is 0. The molecule has 0 amide bonds. The van der Waals surface area contributed by atoms with E-state index in [1.807, 2.05) is 6.07 Å². The van der Waals surface area contributed by atoms with Gasteiger partial charge in [0.2, 0.25) is 0 Å². The second-order valence-electron chi connectivity index (χ2n) is 10.8. The molecule has 3 aromatic carbocycles. The third-order valence-corrected chi connectivity index (χ3v) is 7.39. The van der Waals surface area contributed by atoms with Gasteiger partial charge in [0.15, 0.2) is 0 Å². The van der Waals surface area contributed by atoms with Crippen molar-refractivity contribution in [3.05, 3.63) is 123 Å². The van der Waals surface area contributed by atoms with Crippen LogP contribution < -0.4 is 0 Å². The van der Waals surface area contributed by atoms with Gasteiger partial charge >= 0.3 is 0 Å². The second-order valence-corrected chi connectivity index (χ2v) is 10.8. The number of rotatable bonds is 4. The lowest BCUT2D eigenvalue weighted by Crippen LogP contribution is -2.12. The molecule has 3 heteroatoms. The smallest absolute Gasteiger partial charge is 0.0966 e. The van der Waals surface area contributed by atoms with Gasteiger partial charge in [0.05, 0.1) is 34.2 Å². The lowest BCUT2D eigenvalue weighted by atomic mass is 10.0. The Balaban J connectivity index is 1.70. The van der Waals surface area contributed by atoms with Crippen molar-refractivity contribution >= 4 is 22.8 Å². The van der Waals surface area contributed by atoms with E-state index < -0.39 is 0 Å². The van der Waals surface area contributed by atoms with Crippen LogP contribution in [0.1, 0.15) is 75.2 Å². The minimum absolute atomic E-state index is 0.890. The van der Waals surface area contributed by atoms with Crippen LogP contribution in [0.3, 0.4) is 0 Å². The van der Waals surface area contributed by atoms with E-state index in [-0.39, 0.29) is 0 Å². The quantitative estimate of drug-likeness (QED) is 0.204. The molecule has 4 aromatic rings. The van der Waals surface area contributed by atoms with E-state index in [0.29, 0.717) is 0 Å². The normalized spacial score (nSPS) is 14.9. The molecule has 0 aliphatic heterocycles. The fourth-order valence-electron chi connectivity index (χ4n) is 5.72. The predicted molar refractivity (Wildman–Crippen MR) is 161 cm³/mol. The van der Waals surface area contributed by atoms with Crippen molar-refractivity contribution in [2.45, 2.75) is 67.2 Å². The van der Waals surface area contributed by atoms with Gasteiger partial charge in [-0.05, 0) is 101 Å². The topological polar surface area (TPSA) is 37.6 Å². The number of nitrogens with zero attached hydrogens (tertiary/aromatic N) is 3. The van der Waals surface area contributed by atoms with Gasteiger partial charge in [-0.1, -0.05) is 71.8 Å². The number of aromatic nitrogens is 1. The van der Waals surface area contributed by atoms with Gasteiger partial charge in [0, 0.05) is 5.56 Å². The van der Waals surface area contributed by atoms with Crippen molar-refractivity contribution in [3.63, 3.8) is 0 Å². The Bertz CT molecular complexity index is 1510. The fourth-order valence-corrected chi connectivity index (χ4v) is 5.72. The Morgan fingerprint density at radius 3 is 1.87 bits per heavy atom. The maximum Gasteiger partial charge on any atom is 0.0966 e. The molecule has 192 valence electrons. The van der Waals surface area contributed by atoms with Gasteiger partial charge in [0.25, 0.3) is 0 Å². The molecule has 5 rings (SSSR count). The number of hydrogen-bond acceptors (Lipinski definition) is 3. The van der Waals surface area contributed by atoms with E-state index in [4.69, 9.17) is 15.0 Å². The van der Waals surface area contributed by atoms with E-state index in [0.717, 1.165) is 65.4 Å². The monoisotopic (exact) mass is 499 g/mol. The molecule has 0 bridgehead atoms. The summed E-state index contributed by atoms with van der Waals surface area (Å²) in [5, 5.41) is 0. The predicted octanol–water partition coefficient (Wildman–Crippen LogP) is 8.95. The summed E-state index contributed by atoms with van der Waals surface area (Å²) in [4.78, 5) is 15.9. The zero-order valence-electron chi connectivity index (χ0n) is 23.5. The Morgan fingerprint density at radius 1 is 0.658 bits per heavy atom. The molecule has 0 unspecified atom stereocenters. The van der Waals surface area contributed by atoms with Crippen LogP contribution >= 0.6 is 0 Å². The molecule has 1 aromatic heterocycles. The first-order valence-electron chi connectivity index (χ1n) is 13.7. The van der Waals surface area contributed by atoms with E-state index >= 15 is 0 Å². The zero-order valence-corrected chi connectivity index (χ0v) is 23.5. The number of aryl methyl sites for hydroxylation is 7. The summed E-state index contributed by atoms with van der Waals surface area (Å²) in [7, 11) is 0. The van der Waals surface area contributed by atoms with Crippen LogP contribution in [0, 0.1) is 41.5 Å². The lowest BCUT2D eigenvalue weighted by Gasteiger charge is -2.15. The van der Waals surface area contributed by atoms with Crippen molar-refractivity contribution < 1.29 is 0 Å². The molecular formula is C35H37N3. The molecular weight excluding hydrogens is 462 g/mol. The van der Waals surface area contributed by atoms with Crippen LogP contribution in [-0.2, 0) is 6.42 Å².